The summed E-state index contributed by atoms with van der Waals surface area (Å²) in [5.41, 5.74) is 0.845. The highest BCUT2D eigenvalue weighted by molar-refractivity contribution is 5.93. The molecule has 0 unspecified atom stereocenters. The predicted molar refractivity (Wildman–Crippen MR) is 48.8 cm³/mol. The predicted octanol–water partition coefficient (Wildman–Crippen LogP) is 1.05. The third-order valence-electron chi connectivity index (χ3n) is 2.56. The molecule has 1 heterocycles. The van der Waals surface area contributed by atoms with Gasteiger partial charge in [-0.25, -0.2) is 4.63 Å². The van der Waals surface area contributed by atoms with Crippen molar-refractivity contribution < 1.29 is 9.42 Å². The number of carbonyl (C=O) groups excluding carboxylic acids is 1. The summed E-state index contributed by atoms with van der Waals surface area (Å²) in [4.78, 5) is 11.6. The van der Waals surface area contributed by atoms with Gasteiger partial charge in [0.15, 0.2) is 5.69 Å². The van der Waals surface area contributed by atoms with Gasteiger partial charge in [0.1, 0.15) is 5.69 Å². The number of hydrogen-bond acceptors (Lipinski definition) is 4. The summed E-state index contributed by atoms with van der Waals surface area (Å²) >= 11 is 0. The van der Waals surface area contributed by atoms with Crippen LogP contribution in [0.3, 0.4) is 0 Å². The molecule has 0 spiro atoms. The van der Waals surface area contributed by atoms with E-state index >= 15 is 0 Å². The van der Waals surface area contributed by atoms with Crippen LogP contribution in [0, 0.1) is 6.92 Å². The van der Waals surface area contributed by atoms with Crippen molar-refractivity contribution in [1.29, 1.82) is 0 Å². The van der Waals surface area contributed by atoms with Gasteiger partial charge in [-0.3, -0.25) is 4.79 Å². The van der Waals surface area contributed by atoms with Crippen LogP contribution in [0.1, 0.15) is 41.9 Å². The molecule has 5 heteroatoms. The molecule has 2 rings (SSSR count). The number of nitrogens with one attached hydrogen (secondary N) is 1. The molecule has 0 saturated heterocycles. The first-order valence-electron chi connectivity index (χ1n) is 4.87. The Morgan fingerprint density at radius 1 is 1.43 bits per heavy atom. The fraction of sp³-hybridized carbons (Fsp3) is 0.667. The molecule has 1 amide bonds. The Labute approximate surface area is 81.8 Å². The molecule has 0 bridgehead atoms. The third kappa shape index (κ3) is 1.76. The van der Waals surface area contributed by atoms with E-state index in [1.165, 1.54) is 12.8 Å². The van der Waals surface area contributed by atoms with E-state index in [9.17, 15) is 4.79 Å². The number of rotatable bonds is 2. The first-order valence-corrected chi connectivity index (χ1v) is 4.87. The maximum Gasteiger partial charge on any atom is 0.275 e. The molecular formula is C9H13N3O2. The molecule has 0 aliphatic heterocycles. The molecule has 1 fully saturated rings. The Kier molecular flexibility index (Phi) is 2.47. The second-order valence-electron chi connectivity index (χ2n) is 3.65. The van der Waals surface area contributed by atoms with Crippen LogP contribution in [0.5, 0.6) is 0 Å². The summed E-state index contributed by atoms with van der Waals surface area (Å²) in [6.45, 7) is 1.71. The van der Waals surface area contributed by atoms with E-state index in [1.54, 1.807) is 6.92 Å². The van der Waals surface area contributed by atoms with Gasteiger partial charge >= 0.3 is 0 Å². The van der Waals surface area contributed by atoms with Gasteiger partial charge in [0.25, 0.3) is 5.91 Å². The molecule has 14 heavy (non-hydrogen) atoms. The second-order valence-corrected chi connectivity index (χ2v) is 3.65. The molecule has 76 valence electrons. The molecule has 5 nitrogen and oxygen atoms in total. The number of carbonyl (C=O) groups is 1. The van der Waals surface area contributed by atoms with Gasteiger partial charge in [0.2, 0.25) is 0 Å². The molecule has 1 aliphatic carbocycles. The summed E-state index contributed by atoms with van der Waals surface area (Å²) in [5.74, 6) is -0.171. The Bertz CT molecular complexity index is 329. The van der Waals surface area contributed by atoms with Crippen molar-refractivity contribution >= 4 is 5.91 Å². The lowest BCUT2D eigenvalue weighted by atomic mass is 10.2. The molecule has 1 aromatic heterocycles. The van der Waals surface area contributed by atoms with Crippen LogP contribution in [0.15, 0.2) is 4.63 Å². The highest BCUT2D eigenvalue weighted by atomic mass is 16.6. The summed E-state index contributed by atoms with van der Waals surface area (Å²) in [5, 5.41) is 10.0. The zero-order valence-electron chi connectivity index (χ0n) is 8.12. The van der Waals surface area contributed by atoms with Crippen molar-refractivity contribution in [3.63, 3.8) is 0 Å². The lowest BCUT2D eigenvalue weighted by molar-refractivity contribution is 0.0927. The highest BCUT2D eigenvalue weighted by Crippen LogP contribution is 2.18. The summed E-state index contributed by atoms with van der Waals surface area (Å²) < 4.78 is 4.47. The lowest BCUT2D eigenvalue weighted by Gasteiger charge is -2.09. The van der Waals surface area contributed by atoms with Gasteiger partial charge in [-0.1, -0.05) is 18.0 Å². The van der Waals surface area contributed by atoms with Crippen molar-refractivity contribution in [1.82, 2.24) is 15.6 Å². The Morgan fingerprint density at radius 2 is 2.14 bits per heavy atom. The number of amides is 1. The first-order chi connectivity index (χ1) is 6.77. The van der Waals surface area contributed by atoms with Crippen molar-refractivity contribution in [3.05, 3.63) is 11.4 Å². The van der Waals surface area contributed by atoms with Crippen molar-refractivity contribution in [3.8, 4) is 0 Å². The smallest absolute Gasteiger partial charge is 0.275 e. The van der Waals surface area contributed by atoms with Gasteiger partial charge in [0, 0.05) is 6.04 Å². The summed E-state index contributed by atoms with van der Waals surface area (Å²) in [6, 6.07) is 0.304. The van der Waals surface area contributed by atoms with Gasteiger partial charge < -0.3 is 5.32 Å². The SMILES string of the molecule is Cc1nonc1C(=O)NC1CCCC1. The molecule has 1 aliphatic rings. The molecule has 0 radical (unpaired) electrons. The van der Waals surface area contributed by atoms with Crippen molar-refractivity contribution in [2.75, 3.05) is 0 Å². The van der Waals surface area contributed by atoms with E-state index in [2.05, 4.69) is 20.3 Å². The quantitative estimate of drug-likeness (QED) is 0.765. The minimum atomic E-state index is -0.171. The maximum absolute atomic E-state index is 11.6. The third-order valence-corrected chi connectivity index (χ3v) is 2.56. The summed E-state index contributed by atoms with van der Waals surface area (Å²) in [6.07, 6.45) is 4.52. The standard InChI is InChI=1S/C9H13N3O2/c1-6-8(12-14-11-6)9(13)10-7-4-2-3-5-7/h7H,2-5H2,1H3,(H,10,13). The lowest BCUT2D eigenvalue weighted by Crippen LogP contribution is -2.33. The molecule has 0 aromatic carbocycles. The van der Waals surface area contributed by atoms with Gasteiger partial charge in [-0.15, -0.1) is 0 Å². The second kappa shape index (κ2) is 3.77. The molecule has 1 aromatic rings. The Morgan fingerprint density at radius 3 is 2.71 bits per heavy atom. The zero-order chi connectivity index (χ0) is 9.97. The highest BCUT2D eigenvalue weighted by Gasteiger charge is 2.21. The molecule has 1 saturated carbocycles. The summed E-state index contributed by atoms with van der Waals surface area (Å²) in [7, 11) is 0. The monoisotopic (exact) mass is 195 g/mol. The molecule has 1 N–H and O–H groups in total. The van der Waals surface area contributed by atoms with Crippen molar-refractivity contribution in [2.24, 2.45) is 0 Å². The van der Waals surface area contributed by atoms with E-state index in [-0.39, 0.29) is 5.91 Å². The van der Waals surface area contributed by atoms with Crippen LogP contribution < -0.4 is 5.32 Å². The van der Waals surface area contributed by atoms with E-state index in [0.29, 0.717) is 17.4 Å². The minimum Gasteiger partial charge on any atom is -0.348 e. The van der Waals surface area contributed by atoms with Crippen LogP contribution >= 0.6 is 0 Å². The van der Waals surface area contributed by atoms with Crippen LogP contribution in [0.2, 0.25) is 0 Å². The van der Waals surface area contributed by atoms with Crippen LogP contribution in [0.4, 0.5) is 0 Å². The fourth-order valence-electron chi connectivity index (χ4n) is 1.76. The zero-order valence-corrected chi connectivity index (χ0v) is 8.12. The maximum atomic E-state index is 11.6. The minimum absolute atomic E-state index is 0.171. The average molecular weight is 195 g/mol. The van der Waals surface area contributed by atoms with Crippen LogP contribution in [0.25, 0.3) is 0 Å². The van der Waals surface area contributed by atoms with E-state index in [4.69, 9.17) is 0 Å². The number of hydrogen-bond donors (Lipinski definition) is 1. The Balaban J connectivity index is 1.98. The molecular weight excluding hydrogens is 182 g/mol. The van der Waals surface area contributed by atoms with Crippen molar-refractivity contribution in [2.45, 2.75) is 38.6 Å². The van der Waals surface area contributed by atoms with E-state index in [0.717, 1.165) is 12.8 Å². The number of nitrogens with zero attached hydrogens (tertiary/aromatic N) is 2. The van der Waals surface area contributed by atoms with Crippen LogP contribution in [-0.4, -0.2) is 22.3 Å². The topological polar surface area (TPSA) is 68.0 Å². The van der Waals surface area contributed by atoms with E-state index < -0.39 is 0 Å². The van der Waals surface area contributed by atoms with Gasteiger partial charge in [-0.05, 0) is 24.9 Å². The molecule has 0 atom stereocenters. The fourth-order valence-corrected chi connectivity index (χ4v) is 1.76. The van der Waals surface area contributed by atoms with E-state index in [1.807, 2.05) is 0 Å². The number of aryl methyl sites for hydroxylation is 1. The number of aromatic nitrogens is 2. The average Bonchev–Trinajstić information content (AvgIpc) is 2.75. The van der Waals surface area contributed by atoms with Gasteiger partial charge in [0.05, 0.1) is 0 Å². The van der Waals surface area contributed by atoms with Crippen LogP contribution in [-0.2, 0) is 0 Å². The largest absolute Gasteiger partial charge is 0.348 e. The van der Waals surface area contributed by atoms with Gasteiger partial charge in [-0.2, -0.15) is 0 Å². The Hall–Kier alpha value is -1.39. The first kappa shape index (κ1) is 9.18. The normalized spacial score (nSPS) is 17.2.